The molecule has 5 heteroatoms. The van der Waals surface area contributed by atoms with Crippen LogP contribution in [0.15, 0.2) is 37.0 Å². The molecule has 0 spiro atoms. The highest BCUT2D eigenvalue weighted by Crippen LogP contribution is 2.24. The minimum atomic E-state index is -0.639. The number of amides is 2. The molecule has 1 fully saturated rings. The second kappa shape index (κ2) is 6.41. The summed E-state index contributed by atoms with van der Waals surface area (Å²) >= 11 is 0. The maximum atomic E-state index is 11.9. The molecule has 1 heterocycles. The van der Waals surface area contributed by atoms with Crippen LogP contribution in [0.25, 0.3) is 0 Å². The standard InChI is InChI=1S/C15H22N2O3/c1-6-8-11(7-2)12-9-10-13(18)17(12)16-14(19)20-15(3,4)5/h6-8,12H,1-2,9-10H2,3-5H3,(H,16,19)/b11-8+. The third-order valence-electron chi connectivity index (χ3n) is 2.75. The van der Waals surface area contributed by atoms with Gasteiger partial charge in [0.25, 0.3) is 0 Å². The Balaban J connectivity index is 2.82. The van der Waals surface area contributed by atoms with Crippen molar-refractivity contribution in [2.24, 2.45) is 0 Å². The Morgan fingerprint density at radius 2 is 2.10 bits per heavy atom. The van der Waals surface area contributed by atoms with Crippen LogP contribution < -0.4 is 5.43 Å². The number of allylic oxidation sites excluding steroid dienone is 2. The van der Waals surface area contributed by atoms with E-state index < -0.39 is 11.7 Å². The fraction of sp³-hybridized carbons (Fsp3) is 0.467. The fourth-order valence-corrected chi connectivity index (χ4v) is 1.99. The predicted molar refractivity (Wildman–Crippen MR) is 77.7 cm³/mol. The predicted octanol–water partition coefficient (Wildman–Crippen LogP) is 2.72. The molecule has 0 aromatic heterocycles. The van der Waals surface area contributed by atoms with E-state index in [0.717, 1.165) is 5.57 Å². The number of carbonyl (C=O) groups is 2. The van der Waals surface area contributed by atoms with E-state index in [0.29, 0.717) is 12.8 Å². The molecular weight excluding hydrogens is 256 g/mol. The average Bonchev–Trinajstić information content (AvgIpc) is 2.66. The molecule has 110 valence electrons. The molecule has 1 rings (SSSR count). The van der Waals surface area contributed by atoms with Crippen molar-refractivity contribution >= 4 is 12.0 Å². The molecule has 1 aliphatic heterocycles. The van der Waals surface area contributed by atoms with Gasteiger partial charge in [-0.05, 0) is 32.8 Å². The second-order valence-corrected chi connectivity index (χ2v) is 5.54. The Labute approximate surface area is 119 Å². The van der Waals surface area contributed by atoms with Crippen molar-refractivity contribution in [1.82, 2.24) is 10.4 Å². The Hall–Kier alpha value is -2.04. The zero-order valence-electron chi connectivity index (χ0n) is 12.3. The molecule has 1 N–H and O–H groups in total. The molecule has 5 nitrogen and oxygen atoms in total. The highest BCUT2D eigenvalue weighted by Gasteiger charge is 2.34. The van der Waals surface area contributed by atoms with E-state index in [4.69, 9.17) is 4.74 Å². The summed E-state index contributed by atoms with van der Waals surface area (Å²) in [4.78, 5) is 23.7. The summed E-state index contributed by atoms with van der Waals surface area (Å²) < 4.78 is 5.16. The van der Waals surface area contributed by atoms with Crippen molar-refractivity contribution in [3.8, 4) is 0 Å². The Bertz CT molecular complexity index is 447. The van der Waals surface area contributed by atoms with Crippen LogP contribution in [-0.2, 0) is 9.53 Å². The number of hydrogen-bond donors (Lipinski definition) is 1. The van der Waals surface area contributed by atoms with E-state index in [9.17, 15) is 9.59 Å². The second-order valence-electron chi connectivity index (χ2n) is 5.54. The molecule has 1 saturated heterocycles. The number of nitrogens with one attached hydrogen (secondary N) is 1. The van der Waals surface area contributed by atoms with Crippen molar-refractivity contribution in [3.63, 3.8) is 0 Å². The van der Waals surface area contributed by atoms with Crippen molar-refractivity contribution < 1.29 is 14.3 Å². The summed E-state index contributed by atoms with van der Waals surface area (Å²) in [5.41, 5.74) is 2.73. The average molecular weight is 278 g/mol. The molecule has 0 aromatic carbocycles. The number of nitrogens with zero attached hydrogens (tertiary/aromatic N) is 1. The van der Waals surface area contributed by atoms with Crippen LogP contribution in [0, 0.1) is 0 Å². The molecule has 1 atom stereocenters. The Morgan fingerprint density at radius 3 is 2.60 bits per heavy atom. The normalized spacial score (nSPS) is 19.8. The minimum Gasteiger partial charge on any atom is -0.443 e. The molecule has 0 bridgehead atoms. The van der Waals surface area contributed by atoms with Gasteiger partial charge in [0.2, 0.25) is 5.91 Å². The van der Waals surface area contributed by atoms with Gasteiger partial charge < -0.3 is 4.74 Å². The van der Waals surface area contributed by atoms with Crippen molar-refractivity contribution in [3.05, 3.63) is 37.0 Å². The summed E-state index contributed by atoms with van der Waals surface area (Å²) in [7, 11) is 0. The number of ether oxygens (including phenoxy) is 1. The van der Waals surface area contributed by atoms with Gasteiger partial charge in [-0.25, -0.2) is 15.2 Å². The number of rotatable bonds is 4. The highest BCUT2D eigenvalue weighted by atomic mass is 16.6. The molecular formula is C15H22N2O3. The van der Waals surface area contributed by atoms with Gasteiger partial charge in [-0.3, -0.25) is 4.79 Å². The van der Waals surface area contributed by atoms with Crippen LogP contribution in [-0.4, -0.2) is 28.7 Å². The van der Waals surface area contributed by atoms with Crippen LogP contribution in [0.3, 0.4) is 0 Å². The summed E-state index contributed by atoms with van der Waals surface area (Å²) in [5.74, 6) is -0.141. The zero-order valence-corrected chi connectivity index (χ0v) is 12.3. The molecule has 1 aliphatic rings. The van der Waals surface area contributed by atoms with Crippen LogP contribution in [0.5, 0.6) is 0 Å². The van der Waals surface area contributed by atoms with E-state index in [1.807, 2.05) is 0 Å². The molecule has 0 saturated carbocycles. The van der Waals surface area contributed by atoms with Gasteiger partial charge in [-0.1, -0.05) is 31.4 Å². The fourth-order valence-electron chi connectivity index (χ4n) is 1.99. The molecule has 0 radical (unpaired) electrons. The summed E-state index contributed by atoms with van der Waals surface area (Å²) in [6.45, 7) is 12.7. The van der Waals surface area contributed by atoms with E-state index in [1.165, 1.54) is 5.01 Å². The molecule has 2 amide bonds. The smallest absolute Gasteiger partial charge is 0.426 e. The zero-order chi connectivity index (χ0) is 15.3. The maximum absolute atomic E-state index is 11.9. The molecule has 20 heavy (non-hydrogen) atoms. The minimum absolute atomic E-state index is 0.141. The van der Waals surface area contributed by atoms with Gasteiger partial charge in [0.1, 0.15) is 5.60 Å². The van der Waals surface area contributed by atoms with Gasteiger partial charge in [-0.2, -0.15) is 0 Å². The van der Waals surface area contributed by atoms with Crippen LogP contribution in [0.4, 0.5) is 4.79 Å². The van der Waals surface area contributed by atoms with Gasteiger partial charge in [0, 0.05) is 6.42 Å². The molecule has 0 aromatic rings. The van der Waals surface area contributed by atoms with Crippen molar-refractivity contribution in [1.29, 1.82) is 0 Å². The first-order chi connectivity index (χ1) is 9.28. The Kier molecular flexibility index (Phi) is 5.13. The van der Waals surface area contributed by atoms with Gasteiger partial charge in [0.15, 0.2) is 0 Å². The SMILES string of the molecule is C=C/C=C(\C=C)C1CCC(=O)N1NC(=O)OC(C)(C)C. The first kappa shape index (κ1) is 16.0. The summed E-state index contributed by atoms with van der Waals surface area (Å²) in [5, 5.41) is 1.31. The van der Waals surface area contributed by atoms with Crippen LogP contribution in [0.2, 0.25) is 0 Å². The first-order valence-corrected chi connectivity index (χ1v) is 6.55. The quantitative estimate of drug-likeness (QED) is 0.804. The van der Waals surface area contributed by atoms with E-state index in [1.54, 1.807) is 39.0 Å². The van der Waals surface area contributed by atoms with E-state index >= 15 is 0 Å². The van der Waals surface area contributed by atoms with Crippen molar-refractivity contribution in [2.75, 3.05) is 0 Å². The molecule has 0 aliphatic carbocycles. The van der Waals surface area contributed by atoms with Crippen LogP contribution in [0.1, 0.15) is 33.6 Å². The number of carbonyl (C=O) groups excluding carboxylic acids is 2. The largest absolute Gasteiger partial charge is 0.443 e. The number of hydrogen-bond acceptors (Lipinski definition) is 3. The van der Waals surface area contributed by atoms with Gasteiger partial charge in [0.05, 0.1) is 6.04 Å². The van der Waals surface area contributed by atoms with Gasteiger partial charge in [-0.15, -0.1) is 0 Å². The van der Waals surface area contributed by atoms with E-state index in [2.05, 4.69) is 18.6 Å². The lowest BCUT2D eigenvalue weighted by Gasteiger charge is -2.28. The lowest BCUT2D eigenvalue weighted by Crippen LogP contribution is -2.49. The first-order valence-electron chi connectivity index (χ1n) is 6.55. The summed E-state index contributed by atoms with van der Waals surface area (Å²) in [6.07, 6.45) is 5.43. The maximum Gasteiger partial charge on any atom is 0.426 e. The third-order valence-corrected chi connectivity index (χ3v) is 2.75. The molecule has 1 unspecified atom stereocenters. The summed E-state index contributed by atoms with van der Waals surface area (Å²) in [6, 6.07) is -0.231. The monoisotopic (exact) mass is 278 g/mol. The lowest BCUT2D eigenvalue weighted by atomic mass is 10.1. The van der Waals surface area contributed by atoms with Crippen LogP contribution >= 0.6 is 0 Å². The Morgan fingerprint density at radius 1 is 1.45 bits per heavy atom. The lowest BCUT2D eigenvalue weighted by molar-refractivity contribution is -0.131. The van der Waals surface area contributed by atoms with Crippen molar-refractivity contribution in [2.45, 2.75) is 45.3 Å². The third kappa shape index (κ3) is 4.26. The highest BCUT2D eigenvalue weighted by molar-refractivity contribution is 5.82. The topological polar surface area (TPSA) is 58.6 Å². The number of hydrazine groups is 1. The van der Waals surface area contributed by atoms with E-state index in [-0.39, 0.29) is 11.9 Å². The van der Waals surface area contributed by atoms with Gasteiger partial charge >= 0.3 is 6.09 Å².